The first kappa shape index (κ1) is 39.5. The second-order valence-corrected chi connectivity index (χ2v) is 15.4. The van der Waals surface area contributed by atoms with Gasteiger partial charge in [0.05, 0.1) is 24.5 Å². The highest BCUT2D eigenvalue weighted by atomic mass is 32.2. The van der Waals surface area contributed by atoms with Crippen molar-refractivity contribution in [1.29, 1.82) is 0 Å². The van der Waals surface area contributed by atoms with Gasteiger partial charge in [-0.2, -0.15) is 0 Å². The molecule has 13 heteroatoms. The Morgan fingerprint density at radius 3 is 2.30 bits per heavy atom. The van der Waals surface area contributed by atoms with Crippen LogP contribution in [0.5, 0.6) is 5.75 Å². The molecule has 4 aromatic carbocycles. The van der Waals surface area contributed by atoms with E-state index in [-0.39, 0.29) is 17.5 Å². The van der Waals surface area contributed by atoms with Crippen molar-refractivity contribution in [1.82, 2.24) is 10.2 Å². The van der Waals surface area contributed by atoms with Crippen molar-refractivity contribution in [2.75, 3.05) is 24.3 Å². The minimum absolute atomic E-state index is 0.0223. The lowest BCUT2D eigenvalue weighted by Gasteiger charge is -2.25. The molecule has 1 aliphatic heterocycles. The van der Waals surface area contributed by atoms with Crippen molar-refractivity contribution in [2.24, 2.45) is 0 Å². The Kier molecular flexibility index (Phi) is 13.0. The number of esters is 1. The van der Waals surface area contributed by atoms with E-state index < -0.39 is 23.0 Å². The second-order valence-electron chi connectivity index (χ2n) is 12.8. The SMILES string of the molecule is COC(=O)c1c(NC(=O)C(C)Sc2cccc(NC(=O)/C(=C/c3ccc(OCc4ccccc4)cc3)NC(=O)c3ccccc3)c2)sc2c1CCN(C(C)=O)C2. The van der Waals surface area contributed by atoms with Crippen LogP contribution < -0.4 is 20.7 Å². The average molecular weight is 789 g/mol. The van der Waals surface area contributed by atoms with Gasteiger partial charge in [0, 0.05) is 34.5 Å². The van der Waals surface area contributed by atoms with Crippen molar-refractivity contribution in [3.63, 3.8) is 0 Å². The highest BCUT2D eigenvalue weighted by Gasteiger charge is 2.31. The highest BCUT2D eigenvalue weighted by Crippen LogP contribution is 2.38. The molecule has 1 atom stereocenters. The number of benzene rings is 4. The van der Waals surface area contributed by atoms with Gasteiger partial charge in [0.25, 0.3) is 11.8 Å². The molecule has 5 aromatic rings. The normalized spacial score (nSPS) is 12.8. The number of amides is 4. The largest absolute Gasteiger partial charge is 0.489 e. The van der Waals surface area contributed by atoms with Crippen LogP contribution in [-0.4, -0.2) is 53.4 Å². The monoisotopic (exact) mass is 788 g/mol. The average Bonchev–Trinajstić information content (AvgIpc) is 3.57. The number of carbonyl (C=O) groups is 5. The fraction of sp³-hybridized carbons (Fsp3) is 0.186. The van der Waals surface area contributed by atoms with E-state index in [1.807, 2.05) is 36.4 Å². The van der Waals surface area contributed by atoms with Gasteiger partial charge >= 0.3 is 5.97 Å². The van der Waals surface area contributed by atoms with Gasteiger partial charge in [-0.25, -0.2) is 4.79 Å². The molecule has 0 saturated carbocycles. The topological polar surface area (TPSA) is 143 Å². The minimum Gasteiger partial charge on any atom is -0.489 e. The standard InChI is InChI=1S/C43H40N4O7S2/c1-27(39(49)46-42-38(43(52)53-3)35-21-22-47(28(2)48)25-37(35)56-42)55-34-16-10-15-32(24-34)44-41(51)36(45-40(50)31-13-8-5-9-14-31)23-29-17-19-33(20-18-29)54-26-30-11-6-4-7-12-30/h4-20,23-24,27H,21-22,25-26H2,1-3H3,(H,44,51)(H,45,50)(H,46,49)/b36-23-. The van der Waals surface area contributed by atoms with Crippen molar-refractivity contribution in [3.05, 3.63) is 148 Å². The number of anilines is 2. The van der Waals surface area contributed by atoms with Crippen LogP contribution in [-0.2, 0) is 38.7 Å². The summed E-state index contributed by atoms with van der Waals surface area (Å²) in [7, 11) is 1.30. The Bertz CT molecular complexity index is 2260. The van der Waals surface area contributed by atoms with E-state index in [1.165, 1.54) is 37.1 Å². The lowest BCUT2D eigenvalue weighted by molar-refractivity contribution is -0.129. The van der Waals surface area contributed by atoms with E-state index in [2.05, 4.69) is 16.0 Å². The third kappa shape index (κ3) is 10.1. The second kappa shape index (κ2) is 18.4. The summed E-state index contributed by atoms with van der Waals surface area (Å²) in [6.07, 6.45) is 2.07. The van der Waals surface area contributed by atoms with Crippen LogP contribution in [0.4, 0.5) is 10.7 Å². The Labute approximate surface area is 333 Å². The summed E-state index contributed by atoms with van der Waals surface area (Å²) in [6, 6.07) is 32.6. The van der Waals surface area contributed by atoms with E-state index in [0.717, 1.165) is 16.0 Å². The van der Waals surface area contributed by atoms with Gasteiger partial charge in [-0.15, -0.1) is 23.1 Å². The van der Waals surface area contributed by atoms with Crippen LogP contribution in [0.25, 0.3) is 6.08 Å². The van der Waals surface area contributed by atoms with E-state index in [1.54, 1.807) is 90.7 Å². The van der Waals surface area contributed by atoms with Gasteiger partial charge in [-0.05, 0) is 78.6 Å². The summed E-state index contributed by atoms with van der Waals surface area (Å²) in [5, 5.41) is 8.34. The summed E-state index contributed by atoms with van der Waals surface area (Å²) in [5.41, 5.74) is 3.67. The summed E-state index contributed by atoms with van der Waals surface area (Å²) >= 11 is 2.54. The molecule has 0 fully saturated rings. The van der Waals surface area contributed by atoms with Gasteiger partial charge in [-0.3, -0.25) is 19.2 Å². The third-order valence-corrected chi connectivity index (χ3v) is 11.1. The molecule has 286 valence electrons. The van der Waals surface area contributed by atoms with Gasteiger partial charge in [0.15, 0.2) is 0 Å². The van der Waals surface area contributed by atoms with Gasteiger partial charge in [0.1, 0.15) is 23.1 Å². The summed E-state index contributed by atoms with van der Waals surface area (Å²) < 4.78 is 10.9. The third-order valence-electron chi connectivity index (χ3n) is 8.87. The summed E-state index contributed by atoms with van der Waals surface area (Å²) in [4.78, 5) is 68.4. The summed E-state index contributed by atoms with van der Waals surface area (Å²) in [6.45, 7) is 4.50. The molecule has 4 amide bonds. The van der Waals surface area contributed by atoms with Crippen LogP contribution in [0.3, 0.4) is 0 Å². The molecule has 2 heterocycles. The molecule has 0 bridgehead atoms. The van der Waals surface area contributed by atoms with Crippen molar-refractivity contribution in [2.45, 2.75) is 43.6 Å². The van der Waals surface area contributed by atoms with Crippen LogP contribution >= 0.6 is 23.1 Å². The van der Waals surface area contributed by atoms with E-state index >= 15 is 0 Å². The molecule has 56 heavy (non-hydrogen) atoms. The molecule has 0 radical (unpaired) electrons. The molecule has 6 rings (SSSR count). The Morgan fingerprint density at radius 2 is 1.61 bits per heavy atom. The van der Waals surface area contributed by atoms with Crippen LogP contribution in [0.15, 0.2) is 120 Å². The van der Waals surface area contributed by atoms with Crippen molar-refractivity contribution in [3.8, 4) is 5.75 Å². The molecule has 1 aliphatic rings. The van der Waals surface area contributed by atoms with Crippen molar-refractivity contribution < 1.29 is 33.4 Å². The predicted molar refractivity (Wildman–Crippen MR) is 219 cm³/mol. The Morgan fingerprint density at radius 1 is 0.893 bits per heavy atom. The van der Waals surface area contributed by atoms with Crippen molar-refractivity contribution >= 4 is 69.5 Å². The fourth-order valence-corrected chi connectivity index (χ4v) is 8.09. The number of nitrogens with one attached hydrogen (secondary N) is 3. The van der Waals surface area contributed by atoms with Crippen LogP contribution in [0, 0.1) is 0 Å². The lowest BCUT2D eigenvalue weighted by atomic mass is 10.0. The number of methoxy groups -OCH3 is 1. The molecule has 1 unspecified atom stereocenters. The van der Waals surface area contributed by atoms with Gasteiger partial charge < -0.3 is 30.3 Å². The number of hydrogen-bond donors (Lipinski definition) is 3. The molecular weight excluding hydrogens is 749 g/mol. The number of thiophene rings is 1. The maximum atomic E-state index is 13.8. The number of carbonyl (C=O) groups excluding carboxylic acids is 5. The van der Waals surface area contributed by atoms with E-state index in [9.17, 15) is 24.0 Å². The molecule has 1 aromatic heterocycles. The number of fused-ring (bicyclic) bond motifs is 1. The Hall–Kier alpha value is -6.18. The number of nitrogens with zero attached hydrogens (tertiary/aromatic N) is 1. The predicted octanol–water partition coefficient (Wildman–Crippen LogP) is 7.55. The first-order chi connectivity index (χ1) is 27.1. The molecule has 3 N–H and O–H groups in total. The zero-order valence-corrected chi connectivity index (χ0v) is 32.6. The number of ether oxygens (including phenoxy) is 2. The van der Waals surface area contributed by atoms with E-state index in [4.69, 9.17) is 9.47 Å². The number of hydrogen-bond acceptors (Lipinski definition) is 9. The molecule has 0 spiro atoms. The zero-order valence-electron chi connectivity index (χ0n) is 31.0. The smallest absolute Gasteiger partial charge is 0.341 e. The first-order valence-electron chi connectivity index (χ1n) is 17.8. The quantitative estimate of drug-likeness (QED) is 0.0631. The van der Waals surface area contributed by atoms with E-state index in [0.29, 0.717) is 64.1 Å². The van der Waals surface area contributed by atoms with Crippen LogP contribution in [0.1, 0.15) is 56.1 Å². The number of thioether (sulfide) groups is 1. The molecule has 11 nitrogen and oxygen atoms in total. The zero-order chi connectivity index (χ0) is 39.6. The molecular formula is C43H40N4O7S2. The maximum absolute atomic E-state index is 13.8. The summed E-state index contributed by atoms with van der Waals surface area (Å²) in [5.74, 6) is -1.28. The highest BCUT2D eigenvalue weighted by molar-refractivity contribution is 8.00. The van der Waals surface area contributed by atoms with Gasteiger partial charge in [0.2, 0.25) is 11.8 Å². The Balaban J connectivity index is 1.14. The van der Waals surface area contributed by atoms with Crippen LogP contribution in [0.2, 0.25) is 0 Å². The molecule has 0 aliphatic carbocycles. The fourth-order valence-electron chi connectivity index (χ4n) is 5.91. The molecule has 0 saturated heterocycles. The first-order valence-corrected chi connectivity index (χ1v) is 19.5. The minimum atomic E-state index is -0.598. The maximum Gasteiger partial charge on any atom is 0.341 e. The van der Waals surface area contributed by atoms with Gasteiger partial charge in [-0.1, -0.05) is 66.7 Å². The lowest BCUT2D eigenvalue weighted by Crippen LogP contribution is -2.33. The number of rotatable bonds is 13.